The number of hydrogen-bond donors (Lipinski definition) is 4. The number of hydrogen-bond acceptors (Lipinski definition) is 5. The first kappa shape index (κ1) is 21.5. The van der Waals surface area contributed by atoms with E-state index >= 15 is 0 Å². The van der Waals surface area contributed by atoms with Crippen LogP contribution in [0.15, 0.2) is 41.4 Å². The Morgan fingerprint density at radius 1 is 1.21 bits per heavy atom. The third-order valence-corrected chi connectivity index (χ3v) is 5.92. The number of benzene rings is 2. The molecule has 1 amide bonds. The van der Waals surface area contributed by atoms with Crippen molar-refractivity contribution in [1.82, 2.24) is 10.6 Å². The summed E-state index contributed by atoms with van der Waals surface area (Å²) in [6.07, 6.45) is 2.45. The van der Waals surface area contributed by atoms with Crippen LogP contribution >= 0.6 is 34.8 Å². The van der Waals surface area contributed by atoms with E-state index in [1.165, 1.54) is 0 Å². The largest absolute Gasteiger partial charge is 0.370 e. The topological polar surface area (TPSA) is 106 Å². The van der Waals surface area contributed by atoms with Gasteiger partial charge in [0, 0.05) is 17.7 Å². The van der Waals surface area contributed by atoms with E-state index in [0.717, 1.165) is 23.1 Å². The van der Waals surface area contributed by atoms with E-state index in [9.17, 15) is 4.79 Å². The van der Waals surface area contributed by atoms with E-state index in [1.54, 1.807) is 18.2 Å². The van der Waals surface area contributed by atoms with Gasteiger partial charge < -0.3 is 16.8 Å². The molecule has 6 nitrogen and oxygen atoms in total. The lowest BCUT2D eigenvalue weighted by Gasteiger charge is -2.23. The highest BCUT2D eigenvalue weighted by atomic mass is 35.5. The number of aliphatic imine (C=N–C) groups is 1. The summed E-state index contributed by atoms with van der Waals surface area (Å²) in [6, 6.07) is 8.94. The molecule has 2 aromatic carbocycles. The van der Waals surface area contributed by atoms with Gasteiger partial charge in [-0.3, -0.25) is 10.1 Å². The van der Waals surface area contributed by atoms with Gasteiger partial charge in [-0.25, -0.2) is 4.99 Å². The van der Waals surface area contributed by atoms with Gasteiger partial charge in [0.25, 0.3) is 0 Å². The van der Waals surface area contributed by atoms with Gasteiger partial charge in [0.2, 0.25) is 5.91 Å². The van der Waals surface area contributed by atoms with Crippen molar-refractivity contribution >= 4 is 52.4 Å². The molecule has 0 aromatic heterocycles. The summed E-state index contributed by atoms with van der Waals surface area (Å²) in [5, 5.41) is 7.51. The van der Waals surface area contributed by atoms with Crippen molar-refractivity contribution in [2.75, 3.05) is 6.54 Å². The smallest absolute Gasteiger partial charge is 0.248 e. The van der Waals surface area contributed by atoms with Crippen LogP contribution in [0.25, 0.3) is 5.70 Å². The van der Waals surface area contributed by atoms with Gasteiger partial charge in [0.1, 0.15) is 6.17 Å². The summed E-state index contributed by atoms with van der Waals surface area (Å²) in [6.45, 7) is 2.53. The number of carbonyl (C=O) groups excluding carboxylic acids is 1. The fourth-order valence-corrected chi connectivity index (χ4v) is 3.63. The molecule has 0 fully saturated rings. The molecule has 1 aliphatic rings. The van der Waals surface area contributed by atoms with E-state index in [1.807, 2.05) is 25.1 Å². The van der Waals surface area contributed by atoms with Crippen molar-refractivity contribution in [3.8, 4) is 0 Å². The van der Waals surface area contributed by atoms with Crippen molar-refractivity contribution in [3.63, 3.8) is 0 Å². The molecule has 0 aliphatic carbocycles. The van der Waals surface area contributed by atoms with Crippen molar-refractivity contribution in [3.05, 3.63) is 73.7 Å². The molecule has 1 atom stereocenters. The zero-order chi connectivity index (χ0) is 21.1. The predicted octanol–water partition coefficient (Wildman–Crippen LogP) is 3.47. The van der Waals surface area contributed by atoms with Crippen molar-refractivity contribution < 1.29 is 4.79 Å². The minimum absolute atomic E-state index is 0.222. The Bertz CT molecular complexity index is 1000. The number of carbonyl (C=O) groups is 1. The fourth-order valence-electron chi connectivity index (χ4n) is 2.98. The molecule has 152 valence electrons. The number of halogens is 3. The number of nitrogens with two attached hydrogens (primary N) is 2. The third-order valence-electron chi connectivity index (χ3n) is 4.57. The van der Waals surface area contributed by atoms with E-state index < -0.39 is 5.91 Å². The molecule has 0 radical (unpaired) electrons. The van der Waals surface area contributed by atoms with Crippen LogP contribution in [0.4, 0.5) is 0 Å². The maximum atomic E-state index is 11.1. The Kier molecular flexibility index (Phi) is 6.70. The summed E-state index contributed by atoms with van der Waals surface area (Å²) >= 11 is 18.6. The molecule has 2 aromatic rings. The molecule has 0 bridgehead atoms. The van der Waals surface area contributed by atoms with Crippen LogP contribution in [-0.4, -0.2) is 24.6 Å². The molecule has 1 heterocycles. The third kappa shape index (κ3) is 5.03. The van der Waals surface area contributed by atoms with Gasteiger partial charge >= 0.3 is 0 Å². The van der Waals surface area contributed by atoms with Crippen LogP contribution in [0.3, 0.4) is 0 Å². The van der Waals surface area contributed by atoms with Crippen molar-refractivity contribution in [2.24, 2.45) is 16.5 Å². The molecule has 3 rings (SSSR count). The highest BCUT2D eigenvalue weighted by Crippen LogP contribution is 2.37. The van der Waals surface area contributed by atoms with Gasteiger partial charge in [-0.1, -0.05) is 46.9 Å². The summed E-state index contributed by atoms with van der Waals surface area (Å²) in [4.78, 5) is 15.5. The molecular formula is C20H20Cl3N5O. The van der Waals surface area contributed by atoms with Gasteiger partial charge in [0.15, 0.2) is 5.96 Å². The Labute approximate surface area is 183 Å². The van der Waals surface area contributed by atoms with Crippen molar-refractivity contribution in [2.45, 2.75) is 19.5 Å². The standard InChI is InChI=1S/C20H20Cl3N5O/c1-10-13(8-14(21)18(23)17(10)22)15-9-16(28-20(25)27-15)26-7-6-11-2-4-12(5-3-11)19(24)29/h2-5,8-9,16,26H,6-7H2,1H3,(H2,24,29)(H3,25,27,28). The number of rotatable bonds is 6. The first-order valence-corrected chi connectivity index (χ1v) is 9.98. The second-order valence-corrected chi connectivity index (χ2v) is 7.76. The molecule has 6 N–H and O–H groups in total. The monoisotopic (exact) mass is 451 g/mol. The lowest BCUT2D eigenvalue weighted by Crippen LogP contribution is -2.49. The Balaban J connectivity index is 1.71. The van der Waals surface area contributed by atoms with E-state index in [4.69, 9.17) is 46.3 Å². The predicted molar refractivity (Wildman–Crippen MR) is 119 cm³/mol. The number of guanidine groups is 1. The van der Waals surface area contributed by atoms with Gasteiger partial charge in [-0.2, -0.15) is 0 Å². The van der Waals surface area contributed by atoms with Crippen LogP contribution in [0, 0.1) is 6.92 Å². The highest BCUT2D eigenvalue weighted by molar-refractivity contribution is 6.48. The first-order chi connectivity index (χ1) is 13.8. The minimum atomic E-state index is -0.439. The van der Waals surface area contributed by atoms with Crippen LogP contribution in [0.2, 0.25) is 15.1 Å². The maximum Gasteiger partial charge on any atom is 0.248 e. The summed E-state index contributed by atoms with van der Waals surface area (Å²) in [7, 11) is 0. The van der Waals surface area contributed by atoms with Gasteiger partial charge in [-0.05, 0) is 48.7 Å². The second-order valence-electron chi connectivity index (χ2n) is 6.60. The molecule has 0 spiro atoms. The fraction of sp³-hybridized carbons (Fsp3) is 0.200. The van der Waals surface area contributed by atoms with Gasteiger partial charge in [0.05, 0.1) is 20.8 Å². The lowest BCUT2D eigenvalue weighted by atomic mass is 10.0. The van der Waals surface area contributed by atoms with Crippen LogP contribution in [0.5, 0.6) is 0 Å². The SMILES string of the molecule is Cc1c(C2=CC(NCCc3ccc(C(N)=O)cc3)NC(N)=N2)cc(Cl)c(Cl)c1Cl. The molecule has 0 saturated carbocycles. The number of nitrogens with one attached hydrogen (secondary N) is 2. The first-order valence-electron chi connectivity index (χ1n) is 8.85. The average Bonchev–Trinajstić information content (AvgIpc) is 2.69. The van der Waals surface area contributed by atoms with Gasteiger partial charge in [-0.15, -0.1) is 0 Å². The molecule has 1 aliphatic heterocycles. The number of amides is 1. The molecule has 9 heteroatoms. The summed E-state index contributed by atoms with van der Waals surface area (Å²) in [5.41, 5.74) is 15.0. The second kappa shape index (κ2) is 9.05. The van der Waals surface area contributed by atoms with E-state index in [2.05, 4.69) is 15.6 Å². The summed E-state index contributed by atoms with van der Waals surface area (Å²) < 4.78 is 0. The molecular weight excluding hydrogens is 433 g/mol. The number of primary amides is 1. The molecule has 29 heavy (non-hydrogen) atoms. The Morgan fingerprint density at radius 3 is 2.55 bits per heavy atom. The van der Waals surface area contributed by atoms with Crippen LogP contribution in [-0.2, 0) is 6.42 Å². The van der Waals surface area contributed by atoms with E-state index in [-0.39, 0.29) is 12.1 Å². The average molecular weight is 453 g/mol. The maximum absolute atomic E-state index is 11.1. The van der Waals surface area contributed by atoms with Crippen molar-refractivity contribution in [1.29, 1.82) is 0 Å². The highest BCUT2D eigenvalue weighted by Gasteiger charge is 2.19. The lowest BCUT2D eigenvalue weighted by molar-refractivity contribution is 0.100. The number of nitrogens with zero attached hydrogens (tertiary/aromatic N) is 1. The minimum Gasteiger partial charge on any atom is -0.370 e. The quantitative estimate of drug-likeness (QED) is 0.504. The Hall–Kier alpha value is -2.25. The van der Waals surface area contributed by atoms with Crippen LogP contribution < -0.4 is 22.1 Å². The summed E-state index contributed by atoms with van der Waals surface area (Å²) in [5.74, 6) is -0.154. The zero-order valence-corrected chi connectivity index (χ0v) is 17.9. The molecule has 1 unspecified atom stereocenters. The van der Waals surface area contributed by atoms with E-state index in [0.29, 0.717) is 32.9 Å². The zero-order valence-electron chi connectivity index (χ0n) is 15.6. The molecule has 0 saturated heterocycles. The normalized spacial score (nSPS) is 16.1. The van der Waals surface area contributed by atoms with Crippen LogP contribution in [0.1, 0.15) is 27.0 Å². The Morgan fingerprint density at radius 2 is 1.90 bits per heavy atom.